The molecule has 2 aliphatic heterocycles. The summed E-state index contributed by atoms with van der Waals surface area (Å²) >= 11 is 0. The molecule has 4 nitrogen and oxygen atoms in total. The molecule has 2 rings (SSSR count). The standard InChI is InChI=1S/C12H21NO3/c1-10-2-4-13(6-11(10)15)7-12(8-14)3-5-16-9-12/h8,10-11,15H,2-7,9H2,1H3. The van der Waals surface area contributed by atoms with Gasteiger partial charge >= 0.3 is 0 Å². The van der Waals surface area contributed by atoms with Crippen LogP contribution in [0.25, 0.3) is 0 Å². The second kappa shape index (κ2) is 4.82. The van der Waals surface area contributed by atoms with Crippen molar-refractivity contribution in [3.63, 3.8) is 0 Å². The van der Waals surface area contributed by atoms with E-state index < -0.39 is 0 Å². The number of hydrogen-bond acceptors (Lipinski definition) is 4. The van der Waals surface area contributed by atoms with Gasteiger partial charge in [-0.05, 0) is 25.3 Å². The van der Waals surface area contributed by atoms with E-state index in [2.05, 4.69) is 11.8 Å². The summed E-state index contributed by atoms with van der Waals surface area (Å²) in [7, 11) is 0. The Labute approximate surface area is 96.6 Å². The molecule has 2 heterocycles. The van der Waals surface area contributed by atoms with Crippen molar-refractivity contribution >= 4 is 6.29 Å². The fraction of sp³-hybridized carbons (Fsp3) is 0.917. The zero-order chi connectivity index (χ0) is 11.6. The summed E-state index contributed by atoms with van der Waals surface area (Å²) in [4.78, 5) is 13.4. The smallest absolute Gasteiger partial charge is 0.129 e. The predicted molar refractivity (Wildman–Crippen MR) is 60.2 cm³/mol. The highest BCUT2D eigenvalue weighted by Gasteiger charge is 2.38. The first-order valence-electron chi connectivity index (χ1n) is 6.10. The van der Waals surface area contributed by atoms with Crippen molar-refractivity contribution in [2.45, 2.75) is 25.9 Å². The van der Waals surface area contributed by atoms with E-state index in [4.69, 9.17) is 4.74 Å². The van der Waals surface area contributed by atoms with Crippen LogP contribution in [0.1, 0.15) is 19.8 Å². The monoisotopic (exact) mass is 227 g/mol. The van der Waals surface area contributed by atoms with Gasteiger partial charge in [-0.3, -0.25) is 4.90 Å². The molecule has 0 amide bonds. The fourth-order valence-corrected chi connectivity index (χ4v) is 2.58. The number of aldehydes is 1. The highest BCUT2D eigenvalue weighted by Crippen LogP contribution is 2.29. The third-order valence-electron chi connectivity index (χ3n) is 3.93. The van der Waals surface area contributed by atoms with Crippen LogP contribution in [-0.2, 0) is 9.53 Å². The molecule has 2 fully saturated rings. The zero-order valence-corrected chi connectivity index (χ0v) is 9.89. The highest BCUT2D eigenvalue weighted by molar-refractivity contribution is 5.60. The normalized spacial score (nSPS) is 41.1. The first-order valence-corrected chi connectivity index (χ1v) is 6.10. The quantitative estimate of drug-likeness (QED) is 0.704. The van der Waals surface area contributed by atoms with Crippen LogP contribution in [0, 0.1) is 11.3 Å². The van der Waals surface area contributed by atoms with Gasteiger partial charge in [0.25, 0.3) is 0 Å². The van der Waals surface area contributed by atoms with E-state index >= 15 is 0 Å². The molecule has 3 atom stereocenters. The van der Waals surface area contributed by atoms with E-state index in [1.165, 1.54) is 0 Å². The molecule has 2 saturated heterocycles. The summed E-state index contributed by atoms with van der Waals surface area (Å²) in [6.07, 6.45) is 2.62. The number of piperidine rings is 1. The van der Waals surface area contributed by atoms with E-state index in [-0.39, 0.29) is 11.5 Å². The molecule has 0 aliphatic carbocycles. The van der Waals surface area contributed by atoms with E-state index in [9.17, 15) is 9.90 Å². The van der Waals surface area contributed by atoms with Crippen molar-refractivity contribution in [3.8, 4) is 0 Å². The minimum atomic E-state index is -0.319. The van der Waals surface area contributed by atoms with Crippen LogP contribution in [0.3, 0.4) is 0 Å². The lowest BCUT2D eigenvalue weighted by molar-refractivity contribution is -0.118. The lowest BCUT2D eigenvalue weighted by Crippen LogP contribution is -2.48. The first-order chi connectivity index (χ1) is 7.65. The Hall–Kier alpha value is -0.450. The van der Waals surface area contributed by atoms with Crippen molar-refractivity contribution in [2.75, 3.05) is 32.8 Å². The molecule has 3 unspecified atom stereocenters. The van der Waals surface area contributed by atoms with Gasteiger partial charge in [0.15, 0.2) is 0 Å². The van der Waals surface area contributed by atoms with E-state index in [1.807, 2.05) is 0 Å². The number of aliphatic hydroxyl groups excluding tert-OH is 1. The molecule has 0 aromatic carbocycles. The van der Waals surface area contributed by atoms with Crippen LogP contribution in [0.5, 0.6) is 0 Å². The topological polar surface area (TPSA) is 49.8 Å². The lowest BCUT2D eigenvalue weighted by Gasteiger charge is -2.37. The van der Waals surface area contributed by atoms with Crippen molar-refractivity contribution < 1.29 is 14.6 Å². The largest absolute Gasteiger partial charge is 0.392 e. The lowest BCUT2D eigenvalue weighted by atomic mass is 9.87. The Bertz CT molecular complexity index is 251. The maximum atomic E-state index is 11.2. The Balaban J connectivity index is 1.91. The van der Waals surface area contributed by atoms with Crippen LogP contribution in [0.15, 0.2) is 0 Å². The molecule has 4 heteroatoms. The molecule has 16 heavy (non-hydrogen) atoms. The van der Waals surface area contributed by atoms with Gasteiger partial charge in [-0.25, -0.2) is 0 Å². The van der Waals surface area contributed by atoms with E-state index in [0.717, 1.165) is 32.2 Å². The van der Waals surface area contributed by atoms with Crippen molar-refractivity contribution in [1.82, 2.24) is 4.90 Å². The number of aliphatic hydroxyl groups is 1. The Morgan fingerprint density at radius 1 is 1.62 bits per heavy atom. The fourth-order valence-electron chi connectivity index (χ4n) is 2.58. The molecule has 0 saturated carbocycles. The number of hydrogen-bond donors (Lipinski definition) is 1. The molecular weight excluding hydrogens is 206 g/mol. The third-order valence-corrected chi connectivity index (χ3v) is 3.93. The van der Waals surface area contributed by atoms with Gasteiger partial charge in [0.2, 0.25) is 0 Å². The molecule has 0 aromatic rings. The predicted octanol–water partition coefficient (Wildman–Crippen LogP) is 0.295. The van der Waals surface area contributed by atoms with Crippen LogP contribution >= 0.6 is 0 Å². The van der Waals surface area contributed by atoms with Gasteiger partial charge in [0.1, 0.15) is 6.29 Å². The van der Waals surface area contributed by atoms with Crippen molar-refractivity contribution in [3.05, 3.63) is 0 Å². The summed E-state index contributed by atoms with van der Waals surface area (Å²) < 4.78 is 5.32. The van der Waals surface area contributed by atoms with E-state index in [1.54, 1.807) is 0 Å². The Morgan fingerprint density at radius 2 is 2.44 bits per heavy atom. The van der Waals surface area contributed by atoms with Crippen LogP contribution < -0.4 is 0 Å². The zero-order valence-electron chi connectivity index (χ0n) is 9.89. The SMILES string of the molecule is CC1CCN(CC2(C=O)CCOC2)CC1O. The molecule has 0 aromatic heterocycles. The molecular formula is C12H21NO3. The van der Waals surface area contributed by atoms with Crippen LogP contribution in [0.4, 0.5) is 0 Å². The summed E-state index contributed by atoms with van der Waals surface area (Å²) in [5.74, 6) is 0.378. The van der Waals surface area contributed by atoms with Gasteiger partial charge in [0, 0.05) is 19.7 Å². The van der Waals surface area contributed by atoms with Crippen molar-refractivity contribution in [1.29, 1.82) is 0 Å². The highest BCUT2D eigenvalue weighted by atomic mass is 16.5. The van der Waals surface area contributed by atoms with Gasteiger partial charge in [-0.2, -0.15) is 0 Å². The van der Waals surface area contributed by atoms with Gasteiger partial charge in [-0.1, -0.05) is 6.92 Å². The summed E-state index contributed by atoms with van der Waals surface area (Å²) in [6, 6.07) is 0. The Kier molecular flexibility index (Phi) is 3.62. The number of ether oxygens (including phenoxy) is 1. The minimum Gasteiger partial charge on any atom is -0.392 e. The minimum absolute atomic E-state index is 0.250. The Morgan fingerprint density at radius 3 is 3.00 bits per heavy atom. The average Bonchev–Trinajstić information content (AvgIpc) is 2.73. The number of rotatable bonds is 3. The number of carbonyl (C=O) groups is 1. The van der Waals surface area contributed by atoms with Gasteiger partial charge < -0.3 is 14.6 Å². The average molecular weight is 227 g/mol. The molecule has 0 spiro atoms. The second-order valence-electron chi connectivity index (χ2n) is 5.35. The molecule has 2 aliphatic rings. The summed E-state index contributed by atoms with van der Waals surface area (Å²) in [5, 5.41) is 9.82. The first kappa shape index (κ1) is 12.0. The summed E-state index contributed by atoms with van der Waals surface area (Å²) in [6.45, 7) is 5.71. The molecule has 0 bridgehead atoms. The van der Waals surface area contributed by atoms with Crippen LogP contribution in [0.2, 0.25) is 0 Å². The second-order valence-corrected chi connectivity index (χ2v) is 5.35. The molecule has 92 valence electrons. The van der Waals surface area contributed by atoms with Crippen molar-refractivity contribution in [2.24, 2.45) is 11.3 Å². The molecule has 0 radical (unpaired) electrons. The van der Waals surface area contributed by atoms with E-state index in [0.29, 0.717) is 25.7 Å². The van der Waals surface area contributed by atoms with Gasteiger partial charge in [-0.15, -0.1) is 0 Å². The summed E-state index contributed by atoms with van der Waals surface area (Å²) in [5.41, 5.74) is -0.319. The molecule has 1 N–H and O–H groups in total. The number of nitrogens with zero attached hydrogens (tertiary/aromatic N) is 1. The maximum absolute atomic E-state index is 11.2. The van der Waals surface area contributed by atoms with Gasteiger partial charge in [0.05, 0.1) is 18.1 Å². The number of likely N-dealkylation sites (tertiary alicyclic amines) is 1. The third kappa shape index (κ3) is 2.44. The van der Waals surface area contributed by atoms with Crippen LogP contribution in [-0.4, -0.2) is 55.2 Å². The number of β-amino-alcohol motifs (C(OH)–C–C–N with tert-alkyl or cyclic N) is 1. The maximum Gasteiger partial charge on any atom is 0.129 e. The number of carbonyl (C=O) groups excluding carboxylic acids is 1.